The molecule has 4 heterocycles. The van der Waals surface area contributed by atoms with E-state index in [2.05, 4.69) is 25.6 Å². The first-order chi connectivity index (χ1) is 16.5. The van der Waals surface area contributed by atoms with Crippen LogP contribution in [-0.2, 0) is 4.74 Å². The molecule has 1 fully saturated rings. The lowest BCUT2D eigenvalue weighted by Crippen LogP contribution is -2.19. The molecule has 1 aliphatic heterocycles. The van der Waals surface area contributed by atoms with E-state index in [1.54, 1.807) is 24.4 Å². The molecule has 1 amide bonds. The van der Waals surface area contributed by atoms with Gasteiger partial charge in [-0.05, 0) is 38.0 Å². The number of carbonyl (C=O) groups is 1. The van der Waals surface area contributed by atoms with Crippen LogP contribution < -0.4 is 10.1 Å². The molecule has 1 saturated heterocycles. The molecule has 0 radical (unpaired) electrons. The second-order valence-electron chi connectivity index (χ2n) is 8.06. The average Bonchev–Trinajstić information content (AvgIpc) is 3.46. The summed E-state index contributed by atoms with van der Waals surface area (Å²) >= 11 is 12.5. The number of nitrogens with one attached hydrogen (secondary N) is 2. The van der Waals surface area contributed by atoms with Gasteiger partial charge in [0.05, 0.1) is 33.5 Å². The Balaban J connectivity index is 1.34. The van der Waals surface area contributed by atoms with Crippen LogP contribution in [-0.4, -0.2) is 44.1 Å². The van der Waals surface area contributed by atoms with Gasteiger partial charge in [-0.1, -0.05) is 23.2 Å². The summed E-state index contributed by atoms with van der Waals surface area (Å²) in [6.07, 6.45) is 7.89. The molecule has 0 saturated carbocycles. The molecule has 5 rings (SSSR count). The number of ether oxygens (including phenoxy) is 2. The van der Waals surface area contributed by atoms with Crippen LogP contribution in [0.3, 0.4) is 0 Å². The number of aromatic amines is 1. The Morgan fingerprint density at radius 2 is 2.00 bits per heavy atom. The topological polar surface area (TPSA) is 107 Å². The highest BCUT2D eigenvalue weighted by molar-refractivity contribution is 6.35. The minimum absolute atomic E-state index is 0.256. The fourth-order valence-corrected chi connectivity index (χ4v) is 4.73. The molecule has 0 bridgehead atoms. The number of anilines is 1. The van der Waals surface area contributed by atoms with Crippen molar-refractivity contribution >= 4 is 45.7 Å². The molecule has 0 unspecified atom stereocenters. The maximum Gasteiger partial charge on any atom is 0.276 e. The first-order valence-electron chi connectivity index (χ1n) is 10.9. The van der Waals surface area contributed by atoms with E-state index in [-0.39, 0.29) is 17.6 Å². The molecular weight excluding hydrogens is 479 g/mol. The van der Waals surface area contributed by atoms with Gasteiger partial charge < -0.3 is 14.8 Å². The van der Waals surface area contributed by atoms with E-state index in [1.165, 1.54) is 12.4 Å². The van der Waals surface area contributed by atoms with E-state index >= 15 is 0 Å². The zero-order chi connectivity index (χ0) is 23.7. The molecular formula is C23H22Cl2N6O3. The number of fused-ring (bicyclic) bond motifs is 1. The lowest BCUT2D eigenvalue weighted by molar-refractivity contribution is 0.0662. The van der Waals surface area contributed by atoms with Crippen LogP contribution >= 0.6 is 23.2 Å². The zero-order valence-electron chi connectivity index (χ0n) is 18.3. The van der Waals surface area contributed by atoms with Gasteiger partial charge in [-0.15, -0.1) is 0 Å². The Kier molecular flexibility index (Phi) is 6.40. The molecule has 11 heteroatoms. The SMILES string of the molecule is C[C@@H](Oc1ccc2[nH]nc(C(=O)Nc3cnn(C4CCOCC4)c3)c2c1)c1c(Cl)cncc1Cl. The quantitative estimate of drug-likeness (QED) is 0.376. The van der Waals surface area contributed by atoms with Crippen molar-refractivity contribution in [3.05, 3.63) is 64.3 Å². The lowest BCUT2D eigenvalue weighted by Gasteiger charge is -2.22. The number of nitrogens with zero attached hydrogens (tertiary/aromatic N) is 4. The Bertz CT molecular complexity index is 1310. The highest BCUT2D eigenvalue weighted by atomic mass is 35.5. The number of halogens is 2. The summed E-state index contributed by atoms with van der Waals surface area (Å²) in [7, 11) is 0. The molecule has 1 atom stereocenters. The van der Waals surface area contributed by atoms with Gasteiger partial charge >= 0.3 is 0 Å². The lowest BCUT2D eigenvalue weighted by atomic mass is 10.1. The van der Waals surface area contributed by atoms with Gasteiger partial charge in [-0.3, -0.25) is 19.6 Å². The fourth-order valence-electron chi connectivity index (χ4n) is 4.05. The molecule has 9 nitrogen and oxygen atoms in total. The number of carbonyl (C=O) groups excluding carboxylic acids is 1. The summed E-state index contributed by atoms with van der Waals surface area (Å²) in [6.45, 7) is 3.28. The molecule has 1 aliphatic rings. The first-order valence-corrected chi connectivity index (χ1v) is 11.6. The van der Waals surface area contributed by atoms with Crippen LogP contribution in [0.2, 0.25) is 10.0 Å². The Labute approximate surface area is 205 Å². The van der Waals surface area contributed by atoms with E-state index in [0.29, 0.717) is 51.2 Å². The molecule has 3 aromatic heterocycles. The van der Waals surface area contributed by atoms with Crippen LogP contribution in [0.1, 0.15) is 48.0 Å². The number of benzene rings is 1. The van der Waals surface area contributed by atoms with E-state index in [9.17, 15) is 4.79 Å². The standard InChI is InChI=1S/C23H22Cl2N6O3/c1-13(21-18(24)10-26-11-19(21)25)34-16-2-3-20-17(8-16)22(30-29-20)23(32)28-14-9-27-31(12-14)15-4-6-33-7-5-15/h2-3,8-13,15H,4-7H2,1H3,(H,28,32)(H,29,30)/t13-/m1/s1. The molecule has 34 heavy (non-hydrogen) atoms. The van der Waals surface area contributed by atoms with Crippen molar-refractivity contribution in [3.8, 4) is 5.75 Å². The van der Waals surface area contributed by atoms with Gasteiger partial charge in [0, 0.05) is 42.8 Å². The number of hydrogen-bond donors (Lipinski definition) is 2. The molecule has 2 N–H and O–H groups in total. The number of rotatable bonds is 6. The van der Waals surface area contributed by atoms with Crippen LogP contribution in [0.5, 0.6) is 5.75 Å². The predicted molar refractivity (Wildman–Crippen MR) is 129 cm³/mol. The second kappa shape index (κ2) is 9.61. The smallest absolute Gasteiger partial charge is 0.276 e. The van der Waals surface area contributed by atoms with Gasteiger partial charge in [-0.2, -0.15) is 10.2 Å². The third-order valence-electron chi connectivity index (χ3n) is 5.78. The predicted octanol–water partition coefficient (Wildman–Crippen LogP) is 5.21. The van der Waals surface area contributed by atoms with Crippen molar-refractivity contribution in [1.82, 2.24) is 25.0 Å². The van der Waals surface area contributed by atoms with Gasteiger partial charge in [0.15, 0.2) is 5.69 Å². The number of H-pyrrole nitrogens is 1. The molecule has 0 spiro atoms. The van der Waals surface area contributed by atoms with E-state index < -0.39 is 6.10 Å². The Hall–Kier alpha value is -3.14. The highest BCUT2D eigenvalue weighted by Crippen LogP contribution is 2.33. The van der Waals surface area contributed by atoms with E-state index in [1.807, 2.05) is 17.8 Å². The van der Waals surface area contributed by atoms with Crippen molar-refractivity contribution in [2.24, 2.45) is 0 Å². The number of hydrogen-bond acceptors (Lipinski definition) is 6. The molecule has 4 aromatic rings. The Morgan fingerprint density at radius 1 is 1.24 bits per heavy atom. The normalized spacial score (nSPS) is 15.4. The summed E-state index contributed by atoms with van der Waals surface area (Å²) < 4.78 is 13.4. The highest BCUT2D eigenvalue weighted by Gasteiger charge is 2.20. The number of amides is 1. The summed E-state index contributed by atoms with van der Waals surface area (Å²) in [6, 6.07) is 5.63. The van der Waals surface area contributed by atoms with Crippen LogP contribution in [0.15, 0.2) is 43.0 Å². The summed E-state index contributed by atoms with van der Waals surface area (Å²) in [5.74, 6) is 0.204. The molecule has 176 valence electrons. The first kappa shape index (κ1) is 22.6. The largest absolute Gasteiger partial charge is 0.486 e. The van der Waals surface area contributed by atoms with Crippen molar-refractivity contribution in [2.45, 2.75) is 31.9 Å². The summed E-state index contributed by atoms with van der Waals surface area (Å²) in [4.78, 5) is 17.0. The van der Waals surface area contributed by atoms with Gasteiger partial charge in [0.1, 0.15) is 11.9 Å². The van der Waals surface area contributed by atoms with Crippen molar-refractivity contribution in [1.29, 1.82) is 0 Å². The zero-order valence-corrected chi connectivity index (χ0v) is 19.8. The van der Waals surface area contributed by atoms with Gasteiger partial charge in [0.2, 0.25) is 0 Å². The average molecular weight is 501 g/mol. The third-order valence-corrected chi connectivity index (χ3v) is 6.39. The third kappa shape index (κ3) is 4.59. The maximum absolute atomic E-state index is 13.0. The minimum Gasteiger partial charge on any atom is -0.486 e. The summed E-state index contributed by atoms with van der Waals surface area (Å²) in [5, 5.41) is 15.8. The second-order valence-corrected chi connectivity index (χ2v) is 8.88. The minimum atomic E-state index is -0.430. The molecule has 1 aromatic carbocycles. The maximum atomic E-state index is 13.0. The van der Waals surface area contributed by atoms with Crippen LogP contribution in [0, 0.1) is 0 Å². The van der Waals surface area contributed by atoms with Crippen LogP contribution in [0.4, 0.5) is 5.69 Å². The van der Waals surface area contributed by atoms with Crippen molar-refractivity contribution < 1.29 is 14.3 Å². The monoisotopic (exact) mass is 500 g/mol. The van der Waals surface area contributed by atoms with Gasteiger partial charge in [-0.25, -0.2) is 0 Å². The van der Waals surface area contributed by atoms with Crippen molar-refractivity contribution in [2.75, 3.05) is 18.5 Å². The van der Waals surface area contributed by atoms with E-state index in [0.717, 1.165) is 12.8 Å². The van der Waals surface area contributed by atoms with Crippen LogP contribution in [0.25, 0.3) is 10.9 Å². The fraction of sp³-hybridized carbons (Fsp3) is 0.304. The number of aromatic nitrogens is 5. The van der Waals surface area contributed by atoms with E-state index in [4.69, 9.17) is 32.7 Å². The Morgan fingerprint density at radius 3 is 2.76 bits per heavy atom. The van der Waals surface area contributed by atoms with Gasteiger partial charge in [0.25, 0.3) is 5.91 Å². The number of pyridine rings is 1. The van der Waals surface area contributed by atoms with Crippen molar-refractivity contribution in [3.63, 3.8) is 0 Å². The summed E-state index contributed by atoms with van der Waals surface area (Å²) in [5.41, 5.74) is 2.22. The molecule has 0 aliphatic carbocycles.